The molecule has 2 aromatic rings. The van der Waals surface area contributed by atoms with E-state index in [1.807, 2.05) is 18.3 Å². The smallest absolute Gasteiger partial charge is 0.119 e. The molecule has 21 heavy (non-hydrogen) atoms. The van der Waals surface area contributed by atoms with Crippen LogP contribution in [0.5, 0.6) is 5.75 Å². The van der Waals surface area contributed by atoms with E-state index in [2.05, 4.69) is 34.6 Å². The van der Waals surface area contributed by atoms with Crippen molar-refractivity contribution in [1.29, 1.82) is 0 Å². The van der Waals surface area contributed by atoms with E-state index in [9.17, 15) is 0 Å². The molecule has 110 valence electrons. The van der Waals surface area contributed by atoms with Crippen molar-refractivity contribution < 1.29 is 4.74 Å². The van der Waals surface area contributed by atoms with E-state index in [0.717, 1.165) is 42.1 Å². The molecule has 2 heterocycles. The largest absolute Gasteiger partial charge is 0.497 e. The molecule has 1 fully saturated rings. The monoisotopic (exact) mass is 282 g/mol. The molecule has 0 saturated carbocycles. The van der Waals surface area contributed by atoms with E-state index in [1.54, 1.807) is 7.11 Å². The van der Waals surface area contributed by atoms with E-state index in [4.69, 9.17) is 4.74 Å². The molecule has 0 aliphatic carbocycles. The molecule has 0 amide bonds. The zero-order valence-corrected chi connectivity index (χ0v) is 12.5. The lowest BCUT2D eigenvalue weighted by Crippen LogP contribution is -2.27. The summed E-state index contributed by atoms with van der Waals surface area (Å²) in [7, 11) is 1.70. The molecular weight excluding hydrogens is 260 g/mol. The molecule has 0 bridgehead atoms. The third-order valence-corrected chi connectivity index (χ3v) is 4.21. The van der Waals surface area contributed by atoms with Gasteiger partial charge in [0.15, 0.2) is 0 Å². The first-order chi connectivity index (χ1) is 10.4. The van der Waals surface area contributed by atoms with Crippen molar-refractivity contribution in [1.82, 2.24) is 10.3 Å². The van der Waals surface area contributed by atoms with Gasteiger partial charge in [-0.05, 0) is 68.1 Å². The van der Waals surface area contributed by atoms with Gasteiger partial charge >= 0.3 is 0 Å². The molecule has 0 radical (unpaired) electrons. The van der Waals surface area contributed by atoms with Crippen LogP contribution in [0, 0.1) is 5.92 Å². The topological polar surface area (TPSA) is 34.1 Å². The number of aromatic nitrogens is 1. The number of hydrogen-bond acceptors (Lipinski definition) is 3. The van der Waals surface area contributed by atoms with Gasteiger partial charge in [-0.2, -0.15) is 0 Å². The number of benzene rings is 1. The second kappa shape index (κ2) is 6.72. The maximum Gasteiger partial charge on any atom is 0.119 e. The first-order valence-corrected chi connectivity index (χ1v) is 7.67. The molecule has 1 aromatic heterocycles. The molecule has 3 rings (SSSR count). The van der Waals surface area contributed by atoms with Crippen LogP contribution in [0.1, 0.15) is 24.8 Å². The van der Waals surface area contributed by atoms with Crippen LogP contribution in [-0.2, 0) is 0 Å². The molecule has 1 saturated heterocycles. The summed E-state index contributed by atoms with van der Waals surface area (Å²) in [5.41, 5.74) is 2.23. The average molecular weight is 282 g/mol. The minimum absolute atomic E-state index is 0.824. The summed E-state index contributed by atoms with van der Waals surface area (Å²) < 4.78 is 5.32. The van der Waals surface area contributed by atoms with E-state index in [0.29, 0.717) is 0 Å². The van der Waals surface area contributed by atoms with E-state index < -0.39 is 0 Å². The number of methoxy groups -OCH3 is 1. The number of allylic oxidation sites excluding steroid dienone is 1. The lowest BCUT2D eigenvalue weighted by molar-refractivity contribution is 0.378. The molecule has 3 nitrogen and oxygen atoms in total. The van der Waals surface area contributed by atoms with Gasteiger partial charge in [0.05, 0.1) is 12.6 Å². The Labute approximate surface area is 126 Å². The van der Waals surface area contributed by atoms with Crippen LogP contribution in [0.25, 0.3) is 17.0 Å². The highest BCUT2D eigenvalue weighted by Crippen LogP contribution is 2.24. The molecule has 1 aromatic carbocycles. The molecular formula is C18H22N2O. The summed E-state index contributed by atoms with van der Waals surface area (Å²) in [5, 5.41) is 4.56. The highest BCUT2D eigenvalue weighted by Gasteiger charge is 2.10. The Morgan fingerprint density at radius 2 is 2.14 bits per heavy atom. The molecule has 1 aliphatic rings. The van der Waals surface area contributed by atoms with Crippen molar-refractivity contribution in [2.45, 2.75) is 19.3 Å². The second-order valence-electron chi connectivity index (χ2n) is 5.61. The average Bonchev–Trinajstić information content (AvgIpc) is 2.55. The van der Waals surface area contributed by atoms with Gasteiger partial charge in [0.1, 0.15) is 5.75 Å². The third-order valence-electron chi connectivity index (χ3n) is 4.21. The van der Waals surface area contributed by atoms with Gasteiger partial charge in [0, 0.05) is 11.6 Å². The van der Waals surface area contributed by atoms with Crippen LogP contribution < -0.4 is 10.1 Å². The standard InChI is InChI=1S/C18H22N2O/c1-21-16-5-6-18-17(13-16)15(9-12-20-18)4-2-3-14-7-10-19-11-8-14/h2,4-6,9,12-14,19H,3,7-8,10-11H2,1H3/b4-2+. The molecule has 0 spiro atoms. The second-order valence-corrected chi connectivity index (χ2v) is 5.61. The van der Waals surface area contributed by atoms with Crippen LogP contribution in [0.4, 0.5) is 0 Å². The van der Waals surface area contributed by atoms with Crippen LogP contribution in [-0.4, -0.2) is 25.2 Å². The number of fused-ring (bicyclic) bond motifs is 1. The maximum atomic E-state index is 5.32. The first-order valence-electron chi connectivity index (χ1n) is 7.67. The van der Waals surface area contributed by atoms with E-state index in [1.165, 1.54) is 18.4 Å². The Morgan fingerprint density at radius 1 is 1.29 bits per heavy atom. The summed E-state index contributed by atoms with van der Waals surface area (Å²) in [6.45, 7) is 2.32. The quantitative estimate of drug-likeness (QED) is 0.929. The summed E-state index contributed by atoms with van der Waals surface area (Å²) in [5.74, 6) is 1.70. The Kier molecular flexibility index (Phi) is 4.51. The van der Waals surface area contributed by atoms with E-state index in [-0.39, 0.29) is 0 Å². The number of ether oxygens (including phenoxy) is 1. The van der Waals surface area contributed by atoms with Gasteiger partial charge in [-0.25, -0.2) is 0 Å². The van der Waals surface area contributed by atoms with Gasteiger partial charge in [-0.3, -0.25) is 4.98 Å². The molecule has 1 N–H and O–H groups in total. The number of nitrogens with one attached hydrogen (secondary N) is 1. The Balaban J connectivity index is 1.79. The Hall–Kier alpha value is -1.87. The molecule has 0 atom stereocenters. The lowest BCUT2D eigenvalue weighted by atomic mass is 9.94. The molecule has 1 aliphatic heterocycles. The summed E-state index contributed by atoms with van der Waals surface area (Å²) in [6.07, 6.45) is 10.1. The van der Waals surface area contributed by atoms with E-state index >= 15 is 0 Å². The van der Waals surface area contributed by atoms with Crippen molar-refractivity contribution in [3.63, 3.8) is 0 Å². The van der Waals surface area contributed by atoms with Crippen LogP contribution in [0.15, 0.2) is 36.5 Å². The lowest BCUT2D eigenvalue weighted by Gasteiger charge is -2.20. The number of hydrogen-bond donors (Lipinski definition) is 1. The first kappa shape index (κ1) is 14.1. The van der Waals surface area contributed by atoms with Crippen molar-refractivity contribution in [3.8, 4) is 5.75 Å². The Bertz CT molecular complexity index is 630. The summed E-state index contributed by atoms with van der Waals surface area (Å²) in [6, 6.07) is 8.10. The number of nitrogens with zero attached hydrogens (tertiary/aromatic N) is 1. The van der Waals surface area contributed by atoms with Gasteiger partial charge in [-0.1, -0.05) is 12.2 Å². The number of pyridine rings is 1. The predicted octanol–water partition coefficient (Wildman–Crippen LogP) is 3.65. The zero-order valence-electron chi connectivity index (χ0n) is 12.5. The normalized spacial score (nSPS) is 16.6. The number of piperidine rings is 1. The molecule has 0 unspecified atom stereocenters. The molecule has 3 heteroatoms. The fourth-order valence-corrected chi connectivity index (χ4v) is 2.92. The summed E-state index contributed by atoms with van der Waals surface area (Å²) in [4.78, 5) is 4.42. The van der Waals surface area contributed by atoms with Gasteiger partial charge in [0.2, 0.25) is 0 Å². The fourth-order valence-electron chi connectivity index (χ4n) is 2.92. The SMILES string of the molecule is COc1ccc2nccc(/C=C/CC3CCNCC3)c2c1. The summed E-state index contributed by atoms with van der Waals surface area (Å²) >= 11 is 0. The highest BCUT2D eigenvalue weighted by molar-refractivity contribution is 5.88. The van der Waals surface area contributed by atoms with Crippen molar-refractivity contribution in [3.05, 3.63) is 42.1 Å². The van der Waals surface area contributed by atoms with Crippen LogP contribution >= 0.6 is 0 Å². The van der Waals surface area contributed by atoms with Crippen molar-refractivity contribution in [2.24, 2.45) is 5.92 Å². The van der Waals surface area contributed by atoms with Crippen molar-refractivity contribution >= 4 is 17.0 Å². The maximum absolute atomic E-state index is 5.32. The predicted molar refractivity (Wildman–Crippen MR) is 87.5 cm³/mol. The van der Waals surface area contributed by atoms with Crippen LogP contribution in [0.2, 0.25) is 0 Å². The van der Waals surface area contributed by atoms with Crippen LogP contribution in [0.3, 0.4) is 0 Å². The van der Waals surface area contributed by atoms with Gasteiger partial charge in [-0.15, -0.1) is 0 Å². The third kappa shape index (κ3) is 3.42. The Morgan fingerprint density at radius 3 is 2.95 bits per heavy atom. The minimum atomic E-state index is 0.824. The fraction of sp³-hybridized carbons (Fsp3) is 0.389. The highest BCUT2D eigenvalue weighted by atomic mass is 16.5. The minimum Gasteiger partial charge on any atom is -0.497 e. The zero-order chi connectivity index (χ0) is 14.5. The van der Waals surface area contributed by atoms with Gasteiger partial charge in [0.25, 0.3) is 0 Å². The van der Waals surface area contributed by atoms with Gasteiger partial charge < -0.3 is 10.1 Å². The number of rotatable bonds is 4. The van der Waals surface area contributed by atoms with Crippen molar-refractivity contribution in [2.75, 3.05) is 20.2 Å².